The maximum absolute atomic E-state index is 12.0. The summed E-state index contributed by atoms with van der Waals surface area (Å²) in [6.45, 7) is 5.31. The van der Waals surface area contributed by atoms with Crippen molar-refractivity contribution in [3.63, 3.8) is 0 Å². The average molecular weight is 240 g/mol. The lowest BCUT2D eigenvalue weighted by molar-refractivity contribution is 0.0698. The van der Waals surface area contributed by atoms with E-state index < -0.39 is 0 Å². The molecule has 0 atom stereocenters. The quantitative estimate of drug-likeness (QED) is 0.812. The minimum Gasteiger partial charge on any atom is -0.445 e. The first-order chi connectivity index (χ1) is 7.81. The van der Waals surface area contributed by atoms with E-state index in [0.717, 1.165) is 37.0 Å². The first-order valence-corrected chi connectivity index (χ1v) is 6.52. The molecule has 1 aromatic rings. The van der Waals surface area contributed by atoms with Gasteiger partial charge in [-0.3, -0.25) is 4.79 Å². The Kier molecular flexibility index (Phi) is 3.90. The van der Waals surface area contributed by atoms with Crippen LogP contribution in [0.15, 0.2) is 21.6 Å². The molecule has 1 aromatic heterocycles. The van der Waals surface area contributed by atoms with E-state index in [-0.39, 0.29) is 5.91 Å². The van der Waals surface area contributed by atoms with Crippen molar-refractivity contribution in [1.29, 1.82) is 0 Å². The molecule has 1 aliphatic rings. The van der Waals surface area contributed by atoms with Gasteiger partial charge in [0.05, 0.1) is 0 Å². The first-order valence-electron chi connectivity index (χ1n) is 5.54. The Morgan fingerprint density at radius 2 is 2.25 bits per heavy atom. The molecule has 1 fully saturated rings. The van der Waals surface area contributed by atoms with Crippen LogP contribution in [0.5, 0.6) is 0 Å². The fraction of sp³-hybridized carbons (Fsp3) is 0.545. The van der Waals surface area contributed by atoms with Crippen LogP contribution in [0.3, 0.4) is 0 Å². The number of piperazine rings is 1. The summed E-state index contributed by atoms with van der Waals surface area (Å²) in [4.78, 5) is 13.8. The lowest BCUT2D eigenvalue weighted by atomic mass is 10.3. The van der Waals surface area contributed by atoms with Gasteiger partial charge in [0.1, 0.15) is 0 Å². The number of furan rings is 1. The number of amides is 1. The Labute approximate surface area is 99.4 Å². The zero-order valence-corrected chi connectivity index (χ0v) is 10.2. The lowest BCUT2D eigenvalue weighted by Gasteiger charge is -2.26. The molecule has 1 N–H and O–H groups in total. The van der Waals surface area contributed by atoms with E-state index in [1.54, 1.807) is 17.8 Å². The second kappa shape index (κ2) is 5.41. The molecule has 2 rings (SSSR count). The highest BCUT2D eigenvalue weighted by Crippen LogP contribution is 2.21. The van der Waals surface area contributed by atoms with Crippen LogP contribution in [0, 0.1) is 0 Å². The van der Waals surface area contributed by atoms with E-state index in [0.29, 0.717) is 5.76 Å². The van der Waals surface area contributed by atoms with Crippen molar-refractivity contribution in [3.8, 4) is 0 Å². The molecule has 16 heavy (non-hydrogen) atoms. The van der Waals surface area contributed by atoms with Gasteiger partial charge in [-0.2, -0.15) is 0 Å². The van der Waals surface area contributed by atoms with Gasteiger partial charge in [0, 0.05) is 26.2 Å². The topological polar surface area (TPSA) is 45.5 Å². The fourth-order valence-electron chi connectivity index (χ4n) is 1.68. The molecule has 1 saturated heterocycles. The summed E-state index contributed by atoms with van der Waals surface area (Å²) in [7, 11) is 0. The summed E-state index contributed by atoms with van der Waals surface area (Å²) >= 11 is 1.61. The van der Waals surface area contributed by atoms with Gasteiger partial charge in [-0.15, -0.1) is 0 Å². The summed E-state index contributed by atoms with van der Waals surface area (Å²) in [5.41, 5.74) is 0. The molecular weight excluding hydrogens is 224 g/mol. The van der Waals surface area contributed by atoms with Gasteiger partial charge >= 0.3 is 0 Å². The number of rotatable bonds is 3. The third kappa shape index (κ3) is 2.59. The Balaban J connectivity index is 2.01. The van der Waals surface area contributed by atoms with Crippen LogP contribution >= 0.6 is 11.8 Å². The van der Waals surface area contributed by atoms with Gasteiger partial charge in [-0.25, -0.2) is 0 Å². The van der Waals surface area contributed by atoms with Crippen molar-refractivity contribution in [2.45, 2.75) is 12.0 Å². The Morgan fingerprint density at radius 1 is 1.50 bits per heavy atom. The molecule has 0 radical (unpaired) electrons. The normalized spacial score (nSPS) is 16.4. The molecule has 0 bridgehead atoms. The Hall–Kier alpha value is -0.940. The van der Waals surface area contributed by atoms with Gasteiger partial charge < -0.3 is 14.6 Å². The van der Waals surface area contributed by atoms with Crippen molar-refractivity contribution in [3.05, 3.63) is 17.9 Å². The third-order valence-electron chi connectivity index (χ3n) is 2.48. The maximum Gasteiger partial charge on any atom is 0.289 e. The number of carbonyl (C=O) groups excluding carboxylic acids is 1. The van der Waals surface area contributed by atoms with Crippen LogP contribution in [-0.4, -0.2) is 42.7 Å². The highest BCUT2D eigenvalue weighted by Gasteiger charge is 2.20. The van der Waals surface area contributed by atoms with Crippen LogP contribution < -0.4 is 5.32 Å². The van der Waals surface area contributed by atoms with Crippen LogP contribution in [0.1, 0.15) is 17.5 Å². The van der Waals surface area contributed by atoms with E-state index in [2.05, 4.69) is 12.2 Å². The molecule has 0 spiro atoms. The lowest BCUT2D eigenvalue weighted by Crippen LogP contribution is -2.46. The van der Waals surface area contributed by atoms with E-state index in [4.69, 9.17) is 4.42 Å². The molecule has 5 heteroatoms. The van der Waals surface area contributed by atoms with Crippen LogP contribution in [0.25, 0.3) is 0 Å². The molecule has 1 amide bonds. The van der Waals surface area contributed by atoms with Gasteiger partial charge in [0.2, 0.25) is 0 Å². The predicted molar refractivity (Wildman–Crippen MR) is 63.9 cm³/mol. The molecule has 4 nitrogen and oxygen atoms in total. The predicted octanol–water partition coefficient (Wildman–Crippen LogP) is 1.44. The molecule has 88 valence electrons. The summed E-state index contributed by atoms with van der Waals surface area (Å²) < 4.78 is 5.49. The second-order valence-electron chi connectivity index (χ2n) is 3.59. The first kappa shape index (κ1) is 11.5. The minimum absolute atomic E-state index is 0.00412. The standard InChI is InChI=1S/C11H16N2O2S/c1-2-16-10-4-3-9(15-10)11(14)13-7-5-12-6-8-13/h3-4,12H,2,5-8H2,1H3. The largest absolute Gasteiger partial charge is 0.445 e. The van der Waals surface area contributed by atoms with E-state index in [9.17, 15) is 4.79 Å². The number of thioether (sulfide) groups is 1. The van der Waals surface area contributed by atoms with Gasteiger partial charge in [-0.05, 0) is 17.9 Å². The second-order valence-corrected chi connectivity index (χ2v) is 4.86. The summed E-state index contributed by atoms with van der Waals surface area (Å²) in [5.74, 6) is 1.41. The molecule has 0 aromatic carbocycles. The molecule has 0 unspecified atom stereocenters. The maximum atomic E-state index is 12.0. The van der Waals surface area contributed by atoms with Gasteiger partial charge in [0.15, 0.2) is 10.9 Å². The van der Waals surface area contributed by atoms with E-state index in [1.165, 1.54) is 0 Å². The number of hydrogen-bond acceptors (Lipinski definition) is 4. The average Bonchev–Trinajstić information content (AvgIpc) is 2.78. The molecule has 1 aliphatic heterocycles. The molecular formula is C11H16N2O2S. The summed E-state index contributed by atoms with van der Waals surface area (Å²) in [6.07, 6.45) is 0. The van der Waals surface area contributed by atoms with Gasteiger partial charge in [-0.1, -0.05) is 18.7 Å². The van der Waals surface area contributed by atoms with E-state index >= 15 is 0 Å². The number of nitrogens with one attached hydrogen (secondary N) is 1. The summed E-state index contributed by atoms with van der Waals surface area (Å²) in [5, 5.41) is 4.04. The van der Waals surface area contributed by atoms with Crippen molar-refractivity contribution in [2.24, 2.45) is 0 Å². The van der Waals surface area contributed by atoms with E-state index in [1.807, 2.05) is 11.0 Å². The van der Waals surface area contributed by atoms with Crippen molar-refractivity contribution < 1.29 is 9.21 Å². The number of hydrogen-bond donors (Lipinski definition) is 1. The molecule has 2 heterocycles. The fourth-order valence-corrected chi connectivity index (χ4v) is 2.28. The van der Waals surface area contributed by atoms with Crippen LogP contribution in [-0.2, 0) is 0 Å². The zero-order chi connectivity index (χ0) is 11.4. The Bertz CT molecular complexity index is 359. The highest BCUT2D eigenvalue weighted by atomic mass is 32.2. The van der Waals surface area contributed by atoms with Crippen molar-refractivity contribution >= 4 is 17.7 Å². The SMILES string of the molecule is CCSc1ccc(C(=O)N2CCNCC2)o1. The summed E-state index contributed by atoms with van der Waals surface area (Å²) in [6, 6.07) is 3.63. The van der Waals surface area contributed by atoms with Crippen molar-refractivity contribution in [1.82, 2.24) is 10.2 Å². The Morgan fingerprint density at radius 3 is 2.94 bits per heavy atom. The smallest absolute Gasteiger partial charge is 0.289 e. The van der Waals surface area contributed by atoms with Crippen LogP contribution in [0.4, 0.5) is 0 Å². The third-order valence-corrected chi connectivity index (χ3v) is 3.28. The van der Waals surface area contributed by atoms with Crippen molar-refractivity contribution in [2.75, 3.05) is 31.9 Å². The number of nitrogens with zero attached hydrogens (tertiary/aromatic N) is 1. The monoisotopic (exact) mass is 240 g/mol. The highest BCUT2D eigenvalue weighted by molar-refractivity contribution is 7.99. The number of carbonyl (C=O) groups is 1. The minimum atomic E-state index is 0.00412. The molecule has 0 saturated carbocycles. The van der Waals surface area contributed by atoms with Gasteiger partial charge in [0.25, 0.3) is 5.91 Å². The zero-order valence-electron chi connectivity index (χ0n) is 9.36. The molecule has 0 aliphatic carbocycles. The van der Waals surface area contributed by atoms with Crippen LogP contribution in [0.2, 0.25) is 0 Å².